The lowest BCUT2D eigenvalue weighted by molar-refractivity contribution is 0.244. The van der Waals surface area contributed by atoms with Gasteiger partial charge in [-0.15, -0.1) is 0 Å². The predicted octanol–water partition coefficient (Wildman–Crippen LogP) is 3.69. The third-order valence-electron chi connectivity index (χ3n) is 4.43. The second kappa shape index (κ2) is 7.72. The molecule has 1 aromatic heterocycles. The van der Waals surface area contributed by atoms with Crippen LogP contribution >= 0.6 is 11.6 Å². The van der Waals surface area contributed by atoms with Crippen molar-refractivity contribution in [2.75, 3.05) is 6.54 Å². The van der Waals surface area contributed by atoms with E-state index in [1.54, 1.807) is 16.8 Å². The first-order chi connectivity index (χ1) is 12.1. The Morgan fingerprint density at radius 2 is 2.20 bits per heavy atom. The van der Waals surface area contributed by atoms with Crippen molar-refractivity contribution in [3.05, 3.63) is 93.4 Å². The van der Waals surface area contributed by atoms with Gasteiger partial charge in [0.05, 0.1) is 12.1 Å². The number of aromatic nitrogens is 2. The summed E-state index contributed by atoms with van der Waals surface area (Å²) in [6.45, 7) is 10.3. The lowest BCUT2D eigenvalue weighted by Gasteiger charge is -2.25. The number of rotatable bonds is 6. The number of H-pyrrole nitrogens is 1. The van der Waals surface area contributed by atoms with Gasteiger partial charge in [0, 0.05) is 36.8 Å². The van der Waals surface area contributed by atoms with E-state index in [2.05, 4.69) is 29.2 Å². The highest BCUT2D eigenvalue weighted by atomic mass is 35.5. The van der Waals surface area contributed by atoms with Crippen molar-refractivity contribution in [1.29, 1.82) is 0 Å². The van der Waals surface area contributed by atoms with Gasteiger partial charge in [0.2, 0.25) is 0 Å². The van der Waals surface area contributed by atoms with Gasteiger partial charge in [-0.3, -0.25) is 14.8 Å². The molecule has 2 heterocycles. The second-order valence-corrected chi connectivity index (χ2v) is 6.67. The molecule has 0 saturated heterocycles. The summed E-state index contributed by atoms with van der Waals surface area (Å²) in [5, 5.41) is 3.99. The first-order valence-corrected chi connectivity index (χ1v) is 8.70. The fourth-order valence-corrected chi connectivity index (χ4v) is 3.39. The molecule has 5 heteroatoms. The molecule has 1 N–H and O–H groups in total. The summed E-state index contributed by atoms with van der Waals surface area (Å²) in [7, 11) is 0. The third kappa shape index (κ3) is 4.03. The Morgan fingerprint density at radius 1 is 1.36 bits per heavy atom. The maximum atomic E-state index is 12.7. The summed E-state index contributed by atoms with van der Waals surface area (Å²) in [5.74, 6) is 0. The summed E-state index contributed by atoms with van der Waals surface area (Å²) in [6.07, 6.45) is 6.16. The minimum atomic E-state index is 0.0441. The van der Waals surface area contributed by atoms with Crippen LogP contribution in [0, 0.1) is 0 Å². The quantitative estimate of drug-likeness (QED) is 0.803. The molecule has 25 heavy (non-hydrogen) atoms. The van der Waals surface area contributed by atoms with E-state index in [9.17, 15) is 4.79 Å². The highest BCUT2D eigenvalue weighted by Crippen LogP contribution is 2.19. The van der Waals surface area contributed by atoms with E-state index < -0.39 is 0 Å². The van der Waals surface area contributed by atoms with Crippen LogP contribution in [0.5, 0.6) is 0 Å². The van der Waals surface area contributed by atoms with E-state index in [-0.39, 0.29) is 5.56 Å². The number of hydrogen-bond acceptors (Lipinski definition) is 2. The zero-order chi connectivity index (χ0) is 17.8. The van der Waals surface area contributed by atoms with Crippen molar-refractivity contribution in [2.45, 2.75) is 26.1 Å². The summed E-state index contributed by atoms with van der Waals surface area (Å²) in [6, 6.07) is 7.87. The molecule has 0 fully saturated rings. The van der Waals surface area contributed by atoms with Crippen LogP contribution < -0.4 is 5.56 Å². The molecular weight excluding hydrogens is 334 g/mol. The van der Waals surface area contributed by atoms with E-state index in [1.807, 2.05) is 24.3 Å². The molecule has 0 atom stereocenters. The summed E-state index contributed by atoms with van der Waals surface area (Å²) < 4.78 is 1.66. The fraction of sp³-hybridized carbons (Fsp3) is 0.250. The third-order valence-corrected chi connectivity index (χ3v) is 4.66. The number of nitrogens with one attached hydrogen (secondary N) is 1. The Labute approximate surface area is 152 Å². The molecule has 130 valence electrons. The van der Waals surface area contributed by atoms with Gasteiger partial charge >= 0.3 is 0 Å². The number of allylic oxidation sites excluding steroid dienone is 4. The lowest BCUT2D eigenvalue weighted by atomic mass is 10.1. The van der Waals surface area contributed by atoms with Crippen LogP contribution in [-0.2, 0) is 26.1 Å². The van der Waals surface area contributed by atoms with Crippen molar-refractivity contribution >= 4 is 11.6 Å². The Bertz CT molecular complexity index is 875. The van der Waals surface area contributed by atoms with Gasteiger partial charge < -0.3 is 0 Å². The van der Waals surface area contributed by atoms with Crippen molar-refractivity contribution in [2.24, 2.45) is 0 Å². The predicted molar refractivity (Wildman–Crippen MR) is 103 cm³/mol. The zero-order valence-corrected chi connectivity index (χ0v) is 14.9. The average Bonchev–Trinajstić information content (AvgIpc) is 2.90. The van der Waals surface area contributed by atoms with Gasteiger partial charge in [0.1, 0.15) is 0 Å². The van der Waals surface area contributed by atoms with Crippen molar-refractivity contribution < 1.29 is 0 Å². The summed E-state index contributed by atoms with van der Waals surface area (Å²) in [5.41, 5.74) is 4.05. The van der Waals surface area contributed by atoms with Gasteiger partial charge in [0.25, 0.3) is 5.56 Å². The zero-order valence-electron chi connectivity index (χ0n) is 14.2. The van der Waals surface area contributed by atoms with Crippen LogP contribution in [0.4, 0.5) is 0 Å². The van der Waals surface area contributed by atoms with Crippen molar-refractivity contribution in [3.63, 3.8) is 0 Å². The first-order valence-electron chi connectivity index (χ1n) is 8.32. The summed E-state index contributed by atoms with van der Waals surface area (Å²) in [4.78, 5) is 15.0. The molecule has 0 aliphatic carbocycles. The van der Waals surface area contributed by atoms with E-state index >= 15 is 0 Å². The lowest BCUT2D eigenvalue weighted by Crippen LogP contribution is -2.32. The molecule has 0 radical (unpaired) electrons. The van der Waals surface area contributed by atoms with Crippen LogP contribution in [-0.4, -0.2) is 21.2 Å². The highest BCUT2D eigenvalue weighted by Gasteiger charge is 2.22. The van der Waals surface area contributed by atoms with Crippen molar-refractivity contribution in [3.8, 4) is 0 Å². The van der Waals surface area contributed by atoms with E-state index in [4.69, 9.17) is 11.6 Å². The summed E-state index contributed by atoms with van der Waals surface area (Å²) >= 11 is 6.06. The maximum Gasteiger partial charge on any atom is 0.271 e. The Kier molecular flexibility index (Phi) is 5.41. The minimum Gasteiger partial charge on any atom is -0.299 e. The topological polar surface area (TPSA) is 41.0 Å². The molecule has 1 aliphatic rings. The van der Waals surface area contributed by atoms with Gasteiger partial charge in [0.15, 0.2) is 0 Å². The SMILES string of the molecule is C=C/C=C(\C=C)Cn1[nH]c2c(c1=O)CN(Cc1cccc(Cl)c1)CC2. The monoisotopic (exact) mass is 355 g/mol. The molecule has 0 saturated carbocycles. The number of benzene rings is 1. The number of hydrogen-bond donors (Lipinski definition) is 1. The van der Waals surface area contributed by atoms with Gasteiger partial charge in [-0.05, 0) is 23.3 Å². The van der Waals surface area contributed by atoms with Gasteiger partial charge in [-0.25, -0.2) is 4.68 Å². The van der Waals surface area contributed by atoms with Crippen molar-refractivity contribution in [1.82, 2.24) is 14.7 Å². The largest absolute Gasteiger partial charge is 0.299 e. The smallest absolute Gasteiger partial charge is 0.271 e. The molecular formula is C20H22ClN3O. The van der Waals surface area contributed by atoms with Crippen LogP contribution in [0.3, 0.4) is 0 Å². The Balaban J connectivity index is 1.77. The molecule has 4 nitrogen and oxygen atoms in total. The highest BCUT2D eigenvalue weighted by molar-refractivity contribution is 6.30. The maximum absolute atomic E-state index is 12.7. The molecule has 1 aliphatic heterocycles. The number of aromatic amines is 1. The number of halogens is 1. The number of nitrogens with zero attached hydrogens (tertiary/aromatic N) is 2. The van der Waals surface area contributed by atoms with Gasteiger partial charge in [-0.2, -0.15) is 0 Å². The molecule has 3 rings (SSSR count). The molecule has 0 amide bonds. The van der Waals surface area contributed by atoms with Gasteiger partial charge in [-0.1, -0.05) is 55.1 Å². The van der Waals surface area contributed by atoms with Crippen LogP contribution in [0.25, 0.3) is 0 Å². The molecule has 0 unspecified atom stereocenters. The Hall–Kier alpha value is -2.30. The second-order valence-electron chi connectivity index (χ2n) is 6.23. The molecule has 1 aromatic carbocycles. The molecule has 2 aromatic rings. The van der Waals surface area contributed by atoms with E-state index in [1.165, 1.54) is 0 Å². The normalized spacial score (nSPS) is 15.0. The van der Waals surface area contributed by atoms with Crippen LogP contribution in [0.15, 0.2) is 66.0 Å². The molecule has 0 bridgehead atoms. The first kappa shape index (κ1) is 17.5. The average molecular weight is 356 g/mol. The number of fused-ring (bicyclic) bond motifs is 1. The van der Waals surface area contributed by atoms with E-state index in [0.29, 0.717) is 13.1 Å². The van der Waals surface area contributed by atoms with E-state index in [0.717, 1.165) is 46.9 Å². The van der Waals surface area contributed by atoms with Crippen LogP contribution in [0.1, 0.15) is 16.8 Å². The standard InChI is InChI=1S/C20H22ClN3O/c1-3-6-15(4-2)13-24-20(25)18-14-23(10-9-19(18)22-24)12-16-7-5-8-17(21)11-16/h3-8,11,22H,1-2,9-10,12-14H2/b15-6+. The van der Waals surface area contributed by atoms with Crippen LogP contribution in [0.2, 0.25) is 5.02 Å². The minimum absolute atomic E-state index is 0.0441. The fourth-order valence-electron chi connectivity index (χ4n) is 3.17. The molecule has 0 spiro atoms. The Morgan fingerprint density at radius 3 is 2.92 bits per heavy atom.